The Morgan fingerprint density at radius 1 is 1.80 bits per heavy atom. The lowest BCUT2D eigenvalue weighted by Crippen LogP contribution is -2.51. The summed E-state index contributed by atoms with van der Waals surface area (Å²) in [4.78, 5) is 10.5. The van der Waals surface area contributed by atoms with Crippen LogP contribution in [0.4, 0.5) is 0 Å². The topological polar surface area (TPSA) is 63.3 Å². The summed E-state index contributed by atoms with van der Waals surface area (Å²) < 4.78 is 0. The van der Waals surface area contributed by atoms with Gasteiger partial charge in [0.2, 0.25) is 0 Å². The van der Waals surface area contributed by atoms with Crippen molar-refractivity contribution in [3.8, 4) is 0 Å². The van der Waals surface area contributed by atoms with Crippen molar-refractivity contribution in [3.63, 3.8) is 0 Å². The zero-order valence-corrected chi connectivity index (χ0v) is 6.27. The third-order valence-corrected chi connectivity index (χ3v) is 2.61. The average Bonchev–Trinajstić information content (AvgIpc) is 2.15. The largest absolute Gasteiger partial charge is 0.480 e. The van der Waals surface area contributed by atoms with Gasteiger partial charge in [0.1, 0.15) is 5.54 Å². The van der Waals surface area contributed by atoms with Crippen LogP contribution in [0.5, 0.6) is 0 Å². The zero-order chi connectivity index (χ0) is 7.78. The molecule has 0 spiro atoms. The van der Waals surface area contributed by atoms with Crippen LogP contribution < -0.4 is 5.73 Å². The van der Waals surface area contributed by atoms with Gasteiger partial charge in [0.15, 0.2) is 0 Å². The van der Waals surface area contributed by atoms with Crippen LogP contribution in [-0.4, -0.2) is 22.0 Å². The Morgan fingerprint density at radius 2 is 2.40 bits per heavy atom. The molecule has 3 N–H and O–H groups in total. The molecule has 4 heteroatoms. The van der Waals surface area contributed by atoms with E-state index in [0.717, 1.165) is 6.42 Å². The molecule has 10 heavy (non-hydrogen) atoms. The molecule has 1 fully saturated rings. The number of carboxylic acid groups (broad SMARTS) is 1. The molecule has 2 unspecified atom stereocenters. The molecule has 0 saturated heterocycles. The highest BCUT2D eigenvalue weighted by atomic mass is 35.5. The van der Waals surface area contributed by atoms with Crippen LogP contribution in [0.25, 0.3) is 0 Å². The predicted molar refractivity (Wildman–Crippen MR) is 38.0 cm³/mol. The van der Waals surface area contributed by atoms with E-state index < -0.39 is 16.9 Å². The summed E-state index contributed by atoms with van der Waals surface area (Å²) >= 11 is 5.71. The van der Waals surface area contributed by atoms with Gasteiger partial charge in [0.25, 0.3) is 0 Å². The summed E-state index contributed by atoms with van der Waals surface area (Å²) in [5.41, 5.74) is 4.35. The number of carboxylic acids is 1. The number of hydrogen-bond acceptors (Lipinski definition) is 2. The molecule has 1 saturated carbocycles. The fourth-order valence-corrected chi connectivity index (χ4v) is 1.59. The second-order valence-corrected chi connectivity index (χ2v) is 3.23. The van der Waals surface area contributed by atoms with Gasteiger partial charge in [-0.1, -0.05) is 0 Å². The molecule has 0 bridgehead atoms. The van der Waals surface area contributed by atoms with Crippen molar-refractivity contribution < 1.29 is 9.90 Å². The number of nitrogens with two attached hydrogens (primary N) is 1. The van der Waals surface area contributed by atoms with Crippen LogP contribution >= 0.6 is 11.6 Å². The summed E-state index contributed by atoms with van der Waals surface area (Å²) in [5, 5.41) is 8.24. The average molecular weight is 164 g/mol. The van der Waals surface area contributed by atoms with Crippen LogP contribution in [0.3, 0.4) is 0 Å². The third kappa shape index (κ3) is 0.995. The van der Waals surface area contributed by atoms with Gasteiger partial charge in [0, 0.05) is 0 Å². The minimum Gasteiger partial charge on any atom is -0.480 e. The standard InChI is InChI=1S/C6H10ClNO2/c7-4-2-1-3-6(4,8)5(9)10/h4H,1-3,8H2,(H,9,10). The highest BCUT2D eigenvalue weighted by molar-refractivity contribution is 6.23. The maximum atomic E-state index is 10.5. The maximum Gasteiger partial charge on any atom is 0.325 e. The molecule has 1 aliphatic carbocycles. The summed E-state index contributed by atoms with van der Waals surface area (Å²) in [5.74, 6) is -0.981. The van der Waals surface area contributed by atoms with E-state index in [2.05, 4.69) is 0 Å². The van der Waals surface area contributed by atoms with E-state index in [0.29, 0.717) is 12.8 Å². The molecule has 1 aliphatic rings. The lowest BCUT2D eigenvalue weighted by Gasteiger charge is -2.21. The molecule has 0 aromatic rings. The Morgan fingerprint density at radius 3 is 2.60 bits per heavy atom. The third-order valence-electron chi connectivity index (χ3n) is 2.01. The molecule has 2 atom stereocenters. The van der Waals surface area contributed by atoms with Crippen LogP contribution in [0, 0.1) is 0 Å². The van der Waals surface area contributed by atoms with E-state index in [1.807, 2.05) is 0 Å². The lowest BCUT2D eigenvalue weighted by molar-refractivity contribution is -0.142. The Labute approximate surface area is 64.2 Å². The second kappa shape index (κ2) is 2.40. The molecule has 58 valence electrons. The van der Waals surface area contributed by atoms with Crippen molar-refractivity contribution in [2.24, 2.45) is 5.73 Å². The van der Waals surface area contributed by atoms with Crippen molar-refractivity contribution >= 4 is 17.6 Å². The minimum atomic E-state index is -1.17. The zero-order valence-electron chi connectivity index (χ0n) is 5.51. The minimum absolute atomic E-state index is 0.398. The highest BCUT2D eigenvalue weighted by Gasteiger charge is 2.44. The van der Waals surface area contributed by atoms with Gasteiger partial charge >= 0.3 is 5.97 Å². The molecule has 0 heterocycles. The summed E-state index contributed by atoms with van der Waals surface area (Å²) in [6.07, 6.45) is 2.03. The summed E-state index contributed by atoms with van der Waals surface area (Å²) in [6.45, 7) is 0. The Kier molecular flexibility index (Phi) is 1.88. The van der Waals surface area contributed by atoms with E-state index in [1.165, 1.54) is 0 Å². The molecular formula is C6H10ClNO2. The van der Waals surface area contributed by atoms with Gasteiger partial charge in [-0.15, -0.1) is 11.6 Å². The SMILES string of the molecule is NC1(C(=O)O)CCCC1Cl. The van der Waals surface area contributed by atoms with Crippen LogP contribution in [-0.2, 0) is 4.79 Å². The van der Waals surface area contributed by atoms with Gasteiger partial charge in [-0.2, -0.15) is 0 Å². The van der Waals surface area contributed by atoms with Gasteiger partial charge in [-0.25, -0.2) is 0 Å². The van der Waals surface area contributed by atoms with Crippen molar-refractivity contribution in [2.45, 2.75) is 30.2 Å². The quantitative estimate of drug-likeness (QED) is 0.556. The first kappa shape index (κ1) is 7.82. The number of aliphatic carboxylic acids is 1. The highest BCUT2D eigenvalue weighted by Crippen LogP contribution is 2.32. The first-order valence-electron chi connectivity index (χ1n) is 3.24. The van der Waals surface area contributed by atoms with E-state index in [1.54, 1.807) is 0 Å². The summed E-state index contributed by atoms with van der Waals surface area (Å²) in [7, 11) is 0. The van der Waals surface area contributed by atoms with Crippen molar-refractivity contribution in [3.05, 3.63) is 0 Å². The van der Waals surface area contributed by atoms with Crippen molar-refractivity contribution in [2.75, 3.05) is 0 Å². The lowest BCUT2D eigenvalue weighted by atomic mass is 10.00. The molecular weight excluding hydrogens is 154 g/mol. The van der Waals surface area contributed by atoms with Gasteiger partial charge < -0.3 is 10.8 Å². The molecule has 3 nitrogen and oxygen atoms in total. The first-order chi connectivity index (χ1) is 4.57. The van der Waals surface area contributed by atoms with Crippen LogP contribution in [0.15, 0.2) is 0 Å². The molecule has 0 aliphatic heterocycles. The molecule has 0 amide bonds. The van der Waals surface area contributed by atoms with Gasteiger partial charge in [-0.05, 0) is 19.3 Å². The number of halogens is 1. The Balaban J connectivity index is 2.75. The number of hydrogen-bond donors (Lipinski definition) is 2. The Bertz CT molecular complexity index is 162. The molecule has 1 rings (SSSR count). The van der Waals surface area contributed by atoms with Crippen LogP contribution in [0.2, 0.25) is 0 Å². The van der Waals surface area contributed by atoms with E-state index in [4.69, 9.17) is 22.4 Å². The molecule has 0 radical (unpaired) electrons. The van der Waals surface area contributed by atoms with Crippen LogP contribution in [0.1, 0.15) is 19.3 Å². The maximum absolute atomic E-state index is 10.5. The number of carbonyl (C=O) groups is 1. The first-order valence-corrected chi connectivity index (χ1v) is 3.67. The van der Waals surface area contributed by atoms with Gasteiger partial charge in [-0.3, -0.25) is 4.79 Å². The van der Waals surface area contributed by atoms with E-state index in [9.17, 15) is 4.79 Å². The van der Waals surface area contributed by atoms with Crippen molar-refractivity contribution in [1.82, 2.24) is 0 Å². The fraction of sp³-hybridized carbons (Fsp3) is 0.833. The van der Waals surface area contributed by atoms with Crippen molar-refractivity contribution in [1.29, 1.82) is 0 Å². The second-order valence-electron chi connectivity index (χ2n) is 2.71. The normalized spacial score (nSPS) is 40.0. The Hall–Kier alpha value is -0.280. The molecule has 0 aromatic carbocycles. The summed E-state index contributed by atoms with van der Waals surface area (Å²) in [6, 6.07) is 0. The van der Waals surface area contributed by atoms with E-state index in [-0.39, 0.29) is 0 Å². The van der Waals surface area contributed by atoms with E-state index >= 15 is 0 Å². The monoisotopic (exact) mass is 163 g/mol. The fourth-order valence-electron chi connectivity index (χ4n) is 1.23. The van der Waals surface area contributed by atoms with Gasteiger partial charge in [0.05, 0.1) is 5.38 Å². The molecule has 0 aromatic heterocycles. The number of alkyl halides is 1. The number of rotatable bonds is 1. The predicted octanol–water partition coefficient (Wildman–Crippen LogP) is 0.560. The smallest absolute Gasteiger partial charge is 0.325 e.